The standard InChI is InChI=1S/C23H31N3O5S/c1-6-19(23(28)24-3)25(15-18-10-8-7-9-11-18)22(27)16-26(32(5,29)30)20-14-17(2)12-13-21(20)31-4/h7-14,19H,6,15-16H2,1-5H3,(H,24,28)/t19-/m1/s1. The highest BCUT2D eigenvalue weighted by Crippen LogP contribution is 2.31. The van der Waals surface area contributed by atoms with Crippen LogP contribution in [-0.4, -0.2) is 58.1 Å². The number of sulfonamides is 1. The summed E-state index contributed by atoms with van der Waals surface area (Å²) in [4.78, 5) is 27.4. The van der Waals surface area contributed by atoms with Gasteiger partial charge in [-0.25, -0.2) is 8.42 Å². The number of aryl methyl sites for hydroxylation is 1. The van der Waals surface area contributed by atoms with Crippen molar-refractivity contribution in [2.45, 2.75) is 32.9 Å². The van der Waals surface area contributed by atoms with Crippen molar-refractivity contribution < 1.29 is 22.7 Å². The zero-order valence-corrected chi connectivity index (χ0v) is 20.0. The smallest absolute Gasteiger partial charge is 0.244 e. The molecule has 0 aliphatic carbocycles. The molecule has 2 aromatic carbocycles. The molecule has 0 aliphatic heterocycles. The molecule has 0 fully saturated rings. The summed E-state index contributed by atoms with van der Waals surface area (Å²) >= 11 is 0. The van der Waals surface area contributed by atoms with E-state index < -0.39 is 28.5 Å². The van der Waals surface area contributed by atoms with Gasteiger partial charge in [-0.05, 0) is 36.6 Å². The second-order valence-electron chi connectivity index (χ2n) is 7.49. The summed E-state index contributed by atoms with van der Waals surface area (Å²) in [6.45, 7) is 3.35. The lowest BCUT2D eigenvalue weighted by molar-refractivity contribution is -0.140. The number of hydrogen-bond acceptors (Lipinski definition) is 5. The van der Waals surface area contributed by atoms with Crippen LogP contribution in [0.2, 0.25) is 0 Å². The summed E-state index contributed by atoms with van der Waals surface area (Å²) in [6, 6.07) is 13.6. The number of ether oxygens (including phenoxy) is 1. The third kappa shape index (κ3) is 6.23. The van der Waals surface area contributed by atoms with Crippen molar-refractivity contribution in [3.8, 4) is 5.75 Å². The second-order valence-corrected chi connectivity index (χ2v) is 9.40. The number of likely N-dealkylation sites (N-methyl/N-ethyl adjacent to an activating group) is 1. The maximum absolute atomic E-state index is 13.5. The van der Waals surface area contributed by atoms with Gasteiger partial charge in [-0.2, -0.15) is 0 Å². The van der Waals surface area contributed by atoms with Gasteiger partial charge in [0.05, 0.1) is 19.1 Å². The van der Waals surface area contributed by atoms with Gasteiger partial charge in [0.1, 0.15) is 18.3 Å². The van der Waals surface area contributed by atoms with Crippen LogP contribution in [0.5, 0.6) is 5.75 Å². The normalized spacial score (nSPS) is 12.0. The quantitative estimate of drug-likeness (QED) is 0.586. The molecule has 2 amide bonds. The minimum Gasteiger partial charge on any atom is -0.495 e. The summed E-state index contributed by atoms with van der Waals surface area (Å²) in [7, 11) is -0.870. The molecule has 174 valence electrons. The SMILES string of the molecule is CC[C@H](C(=O)NC)N(Cc1ccccc1)C(=O)CN(c1cc(C)ccc1OC)S(C)(=O)=O. The van der Waals surface area contributed by atoms with Crippen molar-refractivity contribution in [3.05, 3.63) is 59.7 Å². The van der Waals surface area contributed by atoms with Gasteiger partial charge in [-0.3, -0.25) is 13.9 Å². The van der Waals surface area contributed by atoms with E-state index in [1.807, 2.05) is 44.2 Å². The van der Waals surface area contributed by atoms with Gasteiger partial charge in [0.2, 0.25) is 21.8 Å². The Bertz CT molecular complexity index is 1040. The average Bonchev–Trinajstić information content (AvgIpc) is 2.76. The molecule has 0 heterocycles. The highest BCUT2D eigenvalue weighted by molar-refractivity contribution is 7.92. The summed E-state index contributed by atoms with van der Waals surface area (Å²) in [5.74, 6) is -0.462. The highest BCUT2D eigenvalue weighted by atomic mass is 32.2. The zero-order valence-electron chi connectivity index (χ0n) is 19.2. The van der Waals surface area contributed by atoms with Crippen LogP contribution in [0, 0.1) is 6.92 Å². The first-order chi connectivity index (χ1) is 15.1. The van der Waals surface area contributed by atoms with Gasteiger partial charge >= 0.3 is 0 Å². The van der Waals surface area contributed by atoms with E-state index in [4.69, 9.17) is 4.74 Å². The fraction of sp³-hybridized carbons (Fsp3) is 0.391. The van der Waals surface area contributed by atoms with Crippen molar-refractivity contribution in [3.63, 3.8) is 0 Å². The first kappa shape index (κ1) is 25.2. The van der Waals surface area contributed by atoms with E-state index in [-0.39, 0.29) is 18.1 Å². The van der Waals surface area contributed by atoms with Crippen LogP contribution in [-0.2, 0) is 26.2 Å². The highest BCUT2D eigenvalue weighted by Gasteiger charge is 2.32. The molecule has 0 radical (unpaired) electrons. The van der Waals surface area contributed by atoms with Crippen LogP contribution in [0.25, 0.3) is 0 Å². The van der Waals surface area contributed by atoms with Crippen LogP contribution in [0.1, 0.15) is 24.5 Å². The molecule has 0 unspecified atom stereocenters. The van der Waals surface area contributed by atoms with E-state index >= 15 is 0 Å². The molecule has 32 heavy (non-hydrogen) atoms. The minimum absolute atomic E-state index is 0.175. The van der Waals surface area contributed by atoms with Gasteiger partial charge in [0, 0.05) is 13.6 Å². The Morgan fingerprint density at radius 2 is 1.78 bits per heavy atom. The molecule has 0 saturated carbocycles. The molecule has 1 N–H and O–H groups in total. The largest absolute Gasteiger partial charge is 0.495 e. The van der Waals surface area contributed by atoms with E-state index in [2.05, 4.69) is 5.32 Å². The molecular formula is C23H31N3O5S. The van der Waals surface area contributed by atoms with E-state index in [0.717, 1.165) is 21.7 Å². The average molecular weight is 462 g/mol. The lowest BCUT2D eigenvalue weighted by atomic mass is 10.1. The van der Waals surface area contributed by atoms with Crippen molar-refractivity contribution in [1.82, 2.24) is 10.2 Å². The first-order valence-electron chi connectivity index (χ1n) is 10.3. The second kappa shape index (κ2) is 11.0. The minimum atomic E-state index is -3.82. The number of benzene rings is 2. The van der Waals surface area contributed by atoms with E-state index in [1.165, 1.54) is 19.1 Å². The number of amides is 2. The Kier molecular flexibility index (Phi) is 8.65. The van der Waals surface area contributed by atoms with Crippen LogP contribution in [0.4, 0.5) is 5.69 Å². The number of carbonyl (C=O) groups excluding carboxylic acids is 2. The molecule has 2 aromatic rings. The molecule has 9 heteroatoms. The van der Waals surface area contributed by atoms with Crippen molar-refractivity contribution in [2.75, 3.05) is 31.3 Å². The van der Waals surface area contributed by atoms with Crippen LogP contribution in [0.3, 0.4) is 0 Å². The Labute approximate surface area is 190 Å². The Balaban J connectivity index is 2.48. The van der Waals surface area contributed by atoms with Crippen LogP contribution >= 0.6 is 0 Å². The van der Waals surface area contributed by atoms with Gasteiger partial charge in [0.25, 0.3) is 0 Å². The van der Waals surface area contributed by atoms with Crippen molar-refractivity contribution in [1.29, 1.82) is 0 Å². The topological polar surface area (TPSA) is 96.0 Å². The van der Waals surface area contributed by atoms with Crippen LogP contribution < -0.4 is 14.4 Å². The zero-order chi connectivity index (χ0) is 23.9. The monoisotopic (exact) mass is 461 g/mol. The Morgan fingerprint density at radius 1 is 1.12 bits per heavy atom. The number of nitrogens with zero attached hydrogens (tertiary/aromatic N) is 2. The lowest BCUT2D eigenvalue weighted by Crippen LogP contribution is -2.51. The number of hydrogen-bond donors (Lipinski definition) is 1. The number of methoxy groups -OCH3 is 1. The predicted octanol–water partition coefficient (Wildman–Crippen LogP) is 2.32. The summed E-state index contributed by atoms with van der Waals surface area (Å²) in [5, 5.41) is 2.59. The molecule has 0 spiro atoms. The summed E-state index contributed by atoms with van der Waals surface area (Å²) < 4.78 is 31.7. The molecule has 0 aromatic heterocycles. The summed E-state index contributed by atoms with van der Waals surface area (Å²) in [6.07, 6.45) is 1.42. The predicted molar refractivity (Wildman–Crippen MR) is 125 cm³/mol. The first-order valence-corrected chi connectivity index (χ1v) is 12.1. The van der Waals surface area contributed by atoms with Crippen molar-refractivity contribution in [2.24, 2.45) is 0 Å². The maximum Gasteiger partial charge on any atom is 0.244 e. The van der Waals surface area contributed by atoms with Crippen molar-refractivity contribution >= 4 is 27.5 Å². The molecular weight excluding hydrogens is 430 g/mol. The molecule has 0 aliphatic rings. The van der Waals surface area contributed by atoms with E-state index in [9.17, 15) is 18.0 Å². The van der Waals surface area contributed by atoms with Gasteiger partial charge in [-0.1, -0.05) is 43.3 Å². The van der Waals surface area contributed by atoms with E-state index in [1.54, 1.807) is 18.2 Å². The fourth-order valence-electron chi connectivity index (χ4n) is 3.46. The molecule has 1 atom stereocenters. The lowest BCUT2D eigenvalue weighted by Gasteiger charge is -2.33. The third-order valence-electron chi connectivity index (χ3n) is 5.11. The molecule has 8 nitrogen and oxygen atoms in total. The Morgan fingerprint density at radius 3 is 2.31 bits per heavy atom. The Hall–Kier alpha value is -3.07. The number of anilines is 1. The maximum atomic E-state index is 13.5. The van der Waals surface area contributed by atoms with Gasteiger partial charge in [-0.15, -0.1) is 0 Å². The molecule has 2 rings (SSSR count). The number of carbonyl (C=O) groups is 2. The number of rotatable bonds is 10. The summed E-state index contributed by atoms with van der Waals surface area (Å²) in [5.41, 5.74) is 1.93. The van der Waals surface area contributed by atoms with Crippen LogP contribution in [0.15, 0.2) is 48.5 Å². The fourth-order valence-corrected chi connectivity index (χ4v) is 4.30. The number of nitrogens with one attached hydrogen (secondary N) is 1. The molecule has 0 saturated heterocycles. The third-order valence-corrected chi connectivity index (χ3v) is 6.24. The van der Waals surface area contributed by atoms with Gasteiger partial charge in [0.15, 0.2) is 0 Å². The van der Waals surface area contributed by atoms with Gasteiger partial charge < -0.3 is 15.0 Å². The molecule has 0 bridgehead atoms. The van der Waals surface area contributed by atoms with E-state index in [0.29, 0.717) is 12.2 Å².